The van der Waals surface area contributed by atoms with E-state index in [-0.39, 0.29) is 18.9 Å². The summed E-state index contributed by atoms with van der Waals surface area (Å²) in [5.74, 6) is -1.48. The molecule has 154 valence electrons. The van der Waals surface area contributed by atoms with E-state index in [4.69, 9.17) is 5.26 Å². The molecule has 1 aromatic heterocycles. The monoisotopic (exact) mass is 416 g/mol. The molecule has 0 spiro atoms. The molecule has 4 rings (SSSR count). The fourth-order valence-electron chi connectivity index (χ4n) is 3.41. The van der Waals surface area contributed by atoms with Gasteiger partial charge < -0.3 is 5.32 Å². The second kappa shape index (κ2) is 8.76. The fourth-order valence-corrected chi connectivity index (χ4v) is 3.41. The van der Waals surface area contributed by atoms with Crippen molar-refractivity contribution in [1.82, 2.24) is 15.1 Å². The van der Waals surface area contributed by atoms with Gasteiger partial charge in [-0.05, 0) is 35.4 Å². The van der Waals surface area contributed by atoms with Gasteiger partial charge in [0.25, 0.3) is 5.91 Å². The largest absolute Gasteiger partial charge is 0.351 e. The van der Waals surface area contributed by atoms with Crippen LogP contribution in [0, 0.1) is 23.0 Å². The maximum absolute atomic E-state index is 14.0. The molecule has 31 heavy (non-hydrogen) atoms. The van der Waals surface area contributed by atoms with Crippen LogP contribution in [0.25, 0.3) is 22.0 Å². The SMILES string of the molecule is N#CCCNC(=O)c1cccc(-c2cccc3nn(Cc4ccc(F)cc4F)cc23)c1. The third-order valence-electron chi connectivity index (χ3n) is 4.90. The summed E-state index contributed by atoms with van der Waals surface area (Å²) in [5.41, 5.74) is 3.28. The molecule has 0 aliphatic rings. The first kappa shape index (κ1) is 20.2. The normalized spacial score (nSPS) is 10.7. The highest BCUT2D eigenvalue weighted by molar-refractivity contribution is 5.98. The van der Waals surface area contributed by atoms with Crippen LogP contribution in [0.4, 0.5) is 8.78 Å². The standard InChI is InChI=1S/C24H18F2N4O/c25-19-9-8-18(22(26)13-19)14-30-15-21-20(6-2-7-23(21)29-30)16-4-1-5-17(12-16)24(31)28-11-3-10-27/h1-2,4-9,12-13,15H,3,11,14H2,(H,28,31). The van der Waals surface area contributed by atoms with Crippen molar-refractivity contribution in [1.29, 1.82) is 5.26 Å². The van der Waals surface area contributed by atoms with E-state index in [1.807, 2.05) is 36.5 Å². The van der Waals surface area contributed by atoms with Gasteiger partial charge in [-0.1, -0.05) is 30.3 Å². The summed E-state index contributed by atoms with van der Waals surface area (Å²) in [6, 6.07) is 18.3. The van der Waals surface area contributed by atoms with Crippen molar-refractivity contribution in [3.63, 3.8) is 0 Å². The van der Waals surface area contributed by atoms with Crippen molar-refractivity contribution < 1.29 is 13.6 Å². The smallest absolute Gasteiger partial charge is 0.251 e. The Bertz CT molecular complexity index is 1310. The quantitative estimate of drug-likeness (QED) is 0.464. The summed E-state index contributed by atoms with van der Waals surface area (Å²) in [5, 5.41) is 16.7. The lowest BCUT2D eigenvalue weighted by Crippen LogP contribution is -2.24. The van der Waals surface area contributed by atoms with Crippen LogP contribution in [-0.2, 0) is 6.54 Å². The summed E-state index contributed by atoms with van der Waals surface area (Å²) < 4.78 is 28.8. The van der Waals surface area contributed by atoms with Crippen LogP contribution in [0.2, 0.25) is 0 Å². The lowest BCUT2D eigenvalue weighted by Gasteiger charge is -2.07. The Morgan fingerprint density at radius 3 is 2.74 bits per heavy atom. The van der Waals surface area contributed by atoms with Gasteiger partial charge >= 0.3 is 0 Å². The highest BCUT2D eigenvalue weighted by atomic mass is 19.1. The number of aromatic nitrogens is 2. The molecule has 0 saturated heterocycles. The number of halogens is 2. The maximum Gasteiger partial charge on any atom is 0.251 e. The topological polar surface area (TPSA) is 70.7 Å². The van der Waals surface area contributed by atoms with Crippen LogP contribution in [0.3, 0.4) is 0 Å². The molecule has 0 atom stereocenters. The van der Waals surface area contributed by atoms with Crippen LogP contribution >= 0.6 is 0 Å². The van der Waals surface area contributed by atoms with Crippen LogP contribution < -0.4 is 5.32 Å². The molecule has 3 aromatic carbocycles. The zero-order valence-corrected chi connectivity index (χ0v) is 16.5. The molecule has 0 bridgehead atoms. The first-order valence-corrected chi connectivity index (χ1v) is 9.71. The third kappa shape index (κ3) is 4.43. The minimum Gasteiger partial charge on any atom is -0.351 e. The number of benzene rings is 3. The van der Waals surface area contributed by atoms with E-state index in [2.05, 4.69) is 10.4 Å². The summed E-state index contributed by atoms with van der Waals surface area (Å²) in [6.45, 7) is 0.462. The van der Waals surface area contributed by atoms with E-state index < -0.39 is 11.6 Å². The first-order chi connectivity index (χ1) is 15.0. The van der Waals surface area contributed by atoms with Crippen LogP contribution in [0.15, 0.2) is 66.9 Å². The van der Waals surface area contributed by atoms with Crippen molar-refractivity contribution in [3.8, 4) is 17.2 Å². The van der Waals surface area contributed by atoms with Gasteiger partial charge in [0.05, 0.1) is 24.6 Å². The van der Waals surface area contributed by atoms with Gasteiger partial charge in [-0.2, -0.15) is 10.4 Å². The van der Waals surface area contributed by atoms with E-state index in [0.717, 1.165) is 28.1 Å². The zero-order valence-electron chi connectivity index (χ0n) is 16.5. The second-order valence-electron chi connectivity index (χ2n) is 7.05. The number of nitrogens with one attached hydrogen (secondary N) is 1. The molecular formula is C24H18F2N4O. The molecule has 0 unspecified atom stereocenters. The van der Waals surface area contributed by atoms with Crippen molar-refractivity contribution in [2.24, 2.45) is 0 Å². The van der Waals surface area contributed by atoms with Gasteiger partial charge in [0.2, 0.25) is 0 Å². The molecule has 7 heteroatoms. The number of rotatable bonds is 6. The van der Waals surface area contributed by atoms with Gasteiger partial charge in [0.15, 0.2) is 0 Å². The zero-order chi connectivity index (χ0) is 21.8. The predicted octanol–water partition coefficient (Wildman–Crippen LogP) is 4.67. The summed E-state index contributed by atoms with van der Waals surface area (Å²) in [4.78, 5) is 12.3. The average Bonchev–Trinajstić information content (AvgIpc) is 3.18. The van der Waals surface area contributed by atoms with Crippen molar-refractivity contribution in [2.45, 2.75) is 13.0 Å². The molecule has 1 N–H and O–H groups in total. The number of carbonyl (C=O) groups excluding carboxylic acids is 1. The first-order valence-electron chi connectivity index (χ1n) is 9.71. The van der Waals surface area contributed by atoms with Crippen molar-refractivity contribution >= 4 is 16.8 Å². The number of fused-ring (bicyclic) bond motifs is 1. The van der Waals surface area contributed by atoms with E-state index in [9.17, 15) is 13.6 Å². The third-order valence-corrected chi connectivity index (χ3v) is 4.90. The number of hydrogen-bond donors (Lipinski definition) is 1. The Hall–Kier alpha value is -4.05. The summed E-state index contributed by atoms with van der Waals surface area (Å²) in [7, 11) is 0. The Labute approximate surface area is 177 Å². The average molecular weight is 416 g/mol. The summed E-state index contributed by atoms with van der Waals surface area (Å²) in [6.07, 6.45) is 2.06. The molecule has 0 aliphatic carbocycles. The van der Waals surface area contributed by atoms with E-state index in [1.54, 1.807) is 22.9 Å². The molecule has 0 radical (unpaired) electrons. The van der Waals surface area contributed by atoms with Gasteiger partial charge in [-0.3, -0.25) is 9.48 Å². The van der Waals surface area contributed by atoms with Crippen LogP contribution in [-0.4, -0.2) is 22.2 Å². The predicted molar refractivity (Wildman–Crippen MR) is 113 cm³/mol. The second-order valence-corrected chi connectivity index (χ2v) is 7.05. The van der Waals surface area contributed by atoms with E-state index in [0.29, 0.717) is 17.7 Å². The Balaban J connectivity index is 1.65. The van der Waals surface area contributed by atoms with Crippen molar-refractivity contribution in [2.75, 3.05) is 6.54 Å². The van der Waals surface area contributed by atoms with Gasteiger partial charge in [-0.25, -0.2) is 8.78 Å². The molecule has 0 saturated carbocycles. The summed E-state index contributed by atoms with van der Waals surface area (Å²) >= 11 is 0. The van der Waals surface area contributed by atoms with Crippen LogP contribution in [0.5, 0.6) is 0 Å². The molecule has 1 heterocycles. The lowest BCUT2D eigenvalue weighted by molar-refractivity contribution is 0.0954. The molecule has 1 amide bonds. The highest BCUT2D eigenvalue weighted by Gasteiger charge is 2.12. The number of hydrogen-bond acceptors (Lipinski definition) is 3. The van der Waals surface area contributed by atoms with Crippen molar-refractivity contribution in [3.05, 3.63) is 89.6 Å². The highest BCUT2D eigenvalue weighted by Crippen LogP contribution is 2.29. The van der Waals surface area contributed by atoms with E-state index >= 15 is 0 Å². The molecular weight excluding hydrogens is 398 g/mol. The molecule has 0 aliphatic heterocycles. The Morgan fingerprint density at radius 2 is 1.94 bits per heavy atom. The maximum atomic E-state index is 14.0. The minimum atomic E-state index is -0.620. The minimum absolute atomic E-state index is 0.168. The molecule has 4 aromatic rings. The fraction of sp³-hybridized carbons (Fsp3) is 0.125. The molecule has 0 fully saturated rings. The number of amides is 1. The van der Waals surface area contributed by atoms with Gasteiger partial charge in [0, 0.05) is 35.3 Å². The van der Waals surface area contributed by atoms with Gasteiger partial charge in [-0.15, -0.1) is 0 Å². The number of nitrogens with zero attached hydrogens (tertiary/aromatic N) is 3. The van der Waals surface area contributed by atoms with Gasteiger partial charge in [0.1, 0.15) is 11.6 Å². The number of carbonyl (C=O) groups is 1. The lowest BCUT2D eigenvalue weighted by atomic mass is 10.00. The number of nitriles is 1. The van der Waals surface area contributed by atoms with Crippen LogP contribution in [0.1, 0.15) is 22.3 Å². The Morgan fingerprint density at radius 1 is 1.10 bits per heavy atom. The Kier molecular flexibility index (Phi) is 5.72. The molecule has 5 nitrogen and oxygen atoms in total. The van der Waals surface area contributed by atoms with E-state index in [1.165, 1.54) is 12.1 Å².